The molecule has 0 aliphatic heterocycles. The van der Waals surface area contributed by atoms with E-state index in [1.54, 1.807) is 36.4 Å². The van der Waals surface area contributed by atoms with E-state index in [4.69, 9.17) is 23.2 Å². The summed E-state index contributed by atoms with van der Waals surface area (Å²) in [5.41, 5.74) is 1.14. The van der Waals surface area contributed by atoms with Gasteiger partial charge in [0.15, 0.2) is 0 Å². The molecule has 0 aromatic heterocycles. The van der Waals surface area contributed by atoms with Gasteiger partial charge in [-0.15, -0.1) is 0 Å². The molecule has 0 aliphatic rings. The molecule has 2 N–H and O–H groups in total. The summed E-state index contributed by atoms with van der Waals surface area (Å²) in [7, 11) is 0. The molecule has 0 radical (unpaired) electrons. The van der Waals surface area contributed by atoms with Crippen LogP contribution in [-0.4, -0.2) is 10.7 Å². The van der Waals surface area contributed by atoms with E-state index in [0.717, 1.165) is 10.8 Å². The highest BCUT2D eigenvalue weighted by molar-refractivity contribution is 6.66. The van der Waals surface area contributed by atoms with Crippen molar-refractivity contribution in [1.82, 2.24) is 0 Å². The fourth-order valence-corrected chi connectivity index (χ4v) is 1.94. The predicted molar refractivity (Wildman–Crippen MR) is 73.7 cm³/mol. The Hall–Kier alpha value is -1.78. The van der Waals surface area contributed by atoms with Gasteiger partial charge >= 0.3 is 10.7 Å². The summed E-state index contributed by atoms with van der Waals surface area (Å²) in [6.45, 7) is 0. The summed E-state index contributed by atoms with van der Waals surface area (Å²) in [6.07, 6.45) is 0. The largest absolute Gasteiger partial charge is 0.318 e. The average Bonchev–Trinajstić information content (AvgIpc) is 2.29. The number of anilines is 2. The zero-order valence-electron chi connectivity index (χ0n) is 9.04. The SMILES string of the molecule is O=C(Cl)Nc1cccc2c(NC(=O)Cl)cccc12. The van der Waals surface area contributed by atoms with Crippen LogP contribution in [0, 0.1) is 0 Å². The number of amides is 2. The van der Waals surface area contributed by atoms with E-state index in [0.29, 0.717) is 11.4 Å². The molecule has 2 aromatic carbocycles. The van der Waals surface area contributed by atoms with Gasteiger partial charge in [0.1, 0.15) is 0 Å². The molecule has 2 amide bonds. The Morgan fingerprint density at radius 2 is 1.17 bits per heavy atom. The van der Waals surface area contributed by atoms with Crippen LogP contribution in [0.4, 0.5) is 21.0 Å². The molecule has 2 aromatic rings. The van der Waals surface area contributed by atoms with E-state index in [9.17, 15) is 9.59 Å². The summed E-state index contributed by atoms with van der Waals surface area (Å²) >= 11 is 10.6. The molecule has 0 bridgehead atoms. The molecule has 0 atom stereocenters. The maximum atomic E-state index is 10.9. The van der Waals surface area contributed by atoms with Crippen molar-refractivity contribution in [2.24, 2.45) is 0 Å². The first kappa shape index (κ1) is 12.7. The fraction of sp³-hybridized carbons (Fsp3) is 0. The Bertz CT molecular complexity index is 573. The Labute approximate surface area is 113 Å². The lowest BCUT2D eigenvalue weighted by Gasteiger charge is -2.09. The predicted octanol–water partition coefficient (Wildman–Crippen LogP) is 4.38. The summed E-state index contributed by atoms with van der Waals surface area (Å²) in [5, 5.41) is 5.19. The van der Waals surface area contributed by atoms with E-state index in [1.165, 1.54) is 0 Å². The molecular weight excluding hydrogens is 275 g/mol. The number of rotatable bonds is 2. The Morgan fingerprint density at radius 1 is 0.778 bits per heavy atom. The lowest BCUT2D eigenvalue weighted by molar-refractivity contribution is 0.268. The topological polar surface area (TPSA) is 58.2 Å². The molecule has 0 fully saturated rings. The van der Waals surface area contributed by atoms with Crippen molar-refractivity contribution in [3.8, 4) is 0 Å². The van der Waals surface area contributed by atoms with Crippen molar-refractivity contribution in [2.45, 2.75) is 0 Å². The van der Waals surface area contributed by atoms with E-state index in [2.05, 4.69) is 10.6 Å². The minimum absolute atomic E-state index is 0.568. The van der Waals surface area contributed by atoms with Crippen LogP contribution in [0.15, 0.2) is 36.4 Å². The molecule has 0 saturated heterocycles. The quantitative estimate of drug-likeness (QED) is 0.634. The maximum absolute atomic E-state index is 10.9. The summed E-state index contributed by atoms with van der Waals surface area (Å²) in [5.74, 6) is 0. The molecule has 92 valence electrons. The second-order valence-corrected chi connectivity index (χ2v) is 4.19. The Balaban J connectivity index is 2.57. The maximum Gasteiger partial charge on any atom is 0.318 e. The van der Waals surface area contributed by atoms with Crippen LogP contribution in [0.1, 0.15) is 0 Å². The second kappa shape index (κ2) is 5.25. The van der Waals surface area contributed by atoms with Gasteiger partial charge in [0, 0.05) is 22.1 Å². The van der Waals surface area contributed by atoms with Gasteiger partial charge in [0.25, 0.3) is 0 Å². The normalized spacial score (nSPS) is 10.1. The standard InChI is InChI=1S/C12H8Cl2N2O2/c13-11(17)15-9-5-1-3-7-8(9)4-2-6-10(7)16-12(14)18/h1-6H,(H,15,17)(H,16,18). The Kier molecular flexibility index (Phi) is 3.69. The molecule has 18 heavy (non-hydrogen) atoms. The van der Waals surface area contributed by atoms with Crippen molar-refractivity contribution in [3.63, 3.8) is 0 Å². The fourth-order valence-electron chi connectivity index (χ4n) is 1.74. The third kappa shape index (κ3) is 2.72. The van der Waals surface area contributed by atoms with Gasteiger partial charge in [0.2, 0.25) is 0 Å². The minimum atomic E-state index is -0.672. The first-order valence-corrected chi connectivity index (χ1v) is 5.78. The summed E-state index contributed by atoms with van der Waals surface area (Å²) < 4.78 is 0. The number of hydrogen-bond acceptors (Lipinski definition) is 2. The number of fused-ring (bicyclic) bond motifs is 1. The van der Waals surface area contributed by atoms with Crippen molar-refractivity contribution in [3.05, 3.63) is 36.4 Å². The van der Waals surface area contributed by atoms with E-state index >= 15 is 0 Å². The molecule has 4 nitrogen and oxygen atoms in total. The van der Waals surface area contributed by atoms with Crippen LogP contribution >= 0.6 is 23.2 Å². The first-order chi connectivity index (χ1) is 8.58. The second-order valence-electron chi connectivity index (χ2n) is 3.50. The van der Waals surface area contributed by atoms with Crippen LogP contribution in [-0.2, 0) is 0 Å². The molecular formula is C12H8Cl2N2O2. The van der Waals surface area contributed by atoms with Crippen LogP contribution in [0.2, 0.25) is 0 Å². The molecule has 0 spiro atoms. The molecule has 0 unspecified atom stereocenters. The molecule has 0 saturated carbocycles. The van der Waals surface area contributed by atoms with Crippen LogP contribution < -0.4 is 10.6 Å². The van der Waals surface area contributed by atoms with Crippen LogP contribution in [0.5, 0.6) is 0 Å². The molecule has 2 rings (SSSR count). The van der Waals surface area contributed by atoms with Gasteiger partial charge in [-0.1, -0.05) is 24.3 Å². The Morgan fingerprint density at radius 3 is 1.50 bits per heavy atom. The number of carbonyl (C=O) groups is 2. The zero-order valence-corrected chi connectivity index (χ0v) is 10.5. The van der Waals surface area contributed by atoms with E-state index in [-0.39, 0.29) is 0 Å². The van der Waals surface area contributed by atoms with E-state index in [1.807, 2.05) is 0 Å². The third-order valence-electron chi connectivity index (χ3n) is 2.39. The van der Waals surface area contributed by atoms with Crippen LogP contribution in [0.3, 0.4) is 0 Å². The van der Waals surface area contributed by atoms with Gasteiger partial charge in [0.05, 0.1) is 0 Å². The number of hydrogen-bond donors (Lipinski definition) is 2. The number of carbonyl (C=O) groups excluding carboxylic acids is 2. The van der Waals surface area contributed by atoms with Gasteiger partial charge in [-0.3, -0.25) is 9.59 Å². The van der Waals surface area contributed by atoms with Gasteiger partial charge in [-0.25, -0.2) is 0 Å². The monoisotopic (exact) mass is 282 g/mol. The van der Waals surface area contributed by atoms with Crippen molar-refractivity contribution >= 4 is 56.1 Å². The average molecular weight is 283 g/mol. The number of nitrogens with one attached hydrogen (secondary N) is 2. The summed E-state index contributed by atoms with van der Waals surface area (Å²) in [6, 6.07) is 10.5. The summed E-state index contributed by atoms with van der Waals surface area (Å²) in [4.78, 5) is 21.8. The van der Waals surface area contributed by atoms with Crippen molar-refractivity contribution in [1.29, 1.82) is 0 Å². The number of halogens is 2. The molecule has 0 heterocycles. The molecule has 6 heteroatoms. The zero-order chi connectivity index (χ0) is 13.1. The van der Waals surface area contributed by atoms with Crippen LogP contribution in [0.25, 0.3) is 10.8 Å². The lowest BCUT2D eigenvalue weighted by atomic mass is 10.1. The highest BCUT2D eigenvalue weighted by atomic mass is 35.5. The van der Waals surface area contributed by atoms with Crippen molar-refractivity contribution in [2.75, 3.05) is 10.6 Å². The highest BCUT2D eigenvalue weighted by Crippen LogP contribution is 2.29. The first-order valence-electron chi connectivity index (χ1n) is 5.02. The minimum Gasteiger partial charge on any atom is -0.312 e. The van der Waals surface area contributed by atoms with Gasteiger partial charge < -0.3 is 10.6 Å². The number of benzene rings is 2. The third-order valence-corrected chi connectivity index (χ3v) is 2.58. The van der Waals surface area contributed by atoms with Gasteiger partial charge in [-0.05, 0) is 35.3 Å². The van der Waals surface area contributed by atoms with Crippen molar-refractivity contribution < 1.29 is 9.59 Å². The lowest BCUT2D eigenvalue weighted by Crippen LogP contribution is -2.04. The van der Waals surface area contributed by atoms with Gasteiger partial charge in [-0.2, -0.15) is 0 Å². The highest BCUT2D eigenvalue weighted by Gasteiger charge is 2.07. The smallest absolute Gasteiger partial charge is 0.312 e. The molecule has 0 aliphatic carbocycles. The van der Waals surface area contributed by atoms with E-state index < -0.39 is 10.7 Å².